The van der Waals surface area contributed by atoms with E-state index in [-0.39, 0.29) is 5.92 Å². The Bertz CT molecular complexity index is 5650. The molecule has 0 amide bonds. The molecule has 96 heavy (non-hydrogen) atoms. The number of aromatic nitrogens is 3. The van der Waals surface area contributed by atoms with Crippen LogP contribution < -0.4 is 9.80 Å². The van der Waals surface area contributed by atoms with Crippen LogP contribution in [-0.2, 0) is 0 Å². The van der Waals surface area contributed by atoms with Crippen LogP contribution in [0.1, 0.15) is 22.6 Å². The lowest BCUT2D eigenvalue weighted by atomic mass is 9.75. The molecule has 0 saturated heterocycles. The molecule has 3 aromatic heterocycles. The molecule has 0 radical (unpaired) electrons. The van der Waals surface area contributed by atoms with Gasteiger partial charge in [0.25, 0.3) is 0 Å². The van der Waals surface area contributed by atoms with Crippen LogP contribution in [0.15, 0.2) is 352 Å². The summed E-state index contributed by atoms with van der Waals surface area (Å²) < 4.78 is 8.06. The number of rotatable bonds is 11. The number of benzene rings is 15. The summed E-state index contributed by atoms with van der Waals surface area (Å²) in [6, 6.07) is 131. The summed E-state index contributed by atoms with van der Waals surface area (Å²) in [6.45, 7) is 0. The Kier molecular flexibility index (Phi) is 12.0. The fraction of sp³-hybridized carbons (Fsp3) is 0.0110. The van der Waals surface area contributed by atoms with E-state index in [4.69, 9.17) is 0 Å². The van der Waals surface area contributed by atoms with Gasteiger partial charge in [0.15, 0.2) is 0 Å². The third kappa shape index (κ3) is 8.04. The van der Waals surface area contributed by atoms with Gasteiger partial charge < -0.3 is 23.5 Å². The SMILES string of the molecule is c1ccc(-c2ccc3c(c2)c2cc(-c4ccccc4)cc4c2n3-c2c3c(c(N(c5ccccc5)c5ccccc5)c(-n5c6ccccc6c6ccccc65)c2N(c2ccccc2)c2ccccc2)-n2c5ccc(-c6ccccc6)cc5c5cc(-c6ccccc6)cc(c52)C34)cc1. The third-order valence-corrected chi connectivity index (χ3v) is 20.3. The molecule has 0 spiro atoms. The topological polar surface area (TPSA) is 21.3 Å². The molecule has 0 N–H and O–H groups in total. The predicted octanol–water partition coefficient (Wildman–Crippen LogP) is 24.4. The molecular formula is C91H59N5. The molecule has 0 fully saturated rings. The minimum absolute atomic E-state index is 0.338. The lowest BCUT2D eigenvalue weighted by Gasteiger charge is -2.43. The molecule has 0 aliphatic carbocycles. The first-order chi connectivity index (χ1) is 47.7. The maximum absolute atomic E-state index is 2.71. The second kappa shape index (κ2) is 21.4. The van der Waals surface area contributed by atoms with Crippen molar-refractivity contribution in [2.75, 3.05) is 9.80 Å². The summed E-state index contributed by atoms with van der Waals surface area (Å²) in [7, 11) is 0. The molecule has 20 rings (SSSR count). The molecule has 5 heteroatoms. The van der Waals surface area contributed by atoms with E-state index in [9.17, 15) is 0 Å². The molecule has 15 aromatic carbocycles. The van der Waals surface area contributed by atoms with Crippen molar-refractivity contribution >= 4 is 99.5 Å². The molecule has 448 valence electrons. The van der Waals surface area contributed by atoms with Crippen LogP contribution in [0.5, 0.6) is 0 Å². The van der Waals surface area contributed by atoms with Gasteiger partial charge in [0.05, 0.1) is 61.5 Å². The quantitative estimate of drug-likeness (QED) is 0.129. The molecule has 0 saturated carbocycles. The van der Waals surface area contributed by atoms with Crippen molar-refractivity contribution < 1.29 is 0 Å². The molecule has 0 bridgehead atoms. The molecule has 0 atom stereocenters. The van der Waals surface area contributed by atoms with E-state index in [1.807, 2.05) is 0 Å². The van der Waals surface area contributed by atoms with Gasteiger partial charge in [0.1, 0.15) is 0 Å². The molecule has 18 aromatic rings. The van der Waals surface area contributed by atoms with Crippen molar-refractivity contribution in [3.8, 4) is 61.6 Å². The van der Waals surface area contributed by atoms with Gasteiger partial charge >= 0.3 is 0 Å². The second-order valence-corrected chi connectivity index (χ2v) is 25.5. The number of hydrogen-bond acceptors (Lipinski definition) is 2. The summed E-state index contributed by atoms with van der Waals surface area (Å²) in [5.74, 6) is -0.338. The van der Waals surface area contributed by atoms with Crippen LogP contribution in [-0.4, -0.2) is 13.7 Å². The number of nitrogens with zero attached hydrogens (tertiary/aromatic N) is 5. The summed E-state index contributed by atoms with van der Waals surface area (Å²) in [5, 5.41) is 7.13. The number of para-hydroxylation sites is 6. The zero-order valence-electron chi connectivity index (χ0n) is 52.3. The Morgan fingerprint density at radius 3 is 0.854 bits per heavy atom. The van der Waals surface area contributed by atoms with Crippen LogP contribution in [0.4, 0.5) is 34.1 Å². The largest absolute Gasteiger partial charge is 0.307 e. The van der Waals surface area contributed by atoms with E-state index in [0.717, 1.165) is 73.3 Å². The third-order valence-electron chi connectivity index (χ3n) is 20.3. The Balaban J connectivity index is 1.11. The van der Waals surface area contributed by atoms with Gasteiger partial charge in [-0.05, 0) is 165 Å². The first-order valence-corrected chi connectivity index (χ1v) is 33.2. The first kappa shape index (κ1) is 53.9. The lowest BCUT2D eigenvalue weighted by molar-refractivity contribution is 0.878. The molecule has 2 aliphatic rings. The highest BCUT2D eigenvalue weighted by molar-refractivity contribution is 6.21. The van der Waals surface area contributed by atoms with Crippen molar-refractivity contribution in [3.05, 3.63) is 369 Å². The molecule has 5 heterocycles. The summed E-state index contributed by atoms with van der Waals surface area (Å²) in [5.41, 5.74) is 29.4. The Labute approximate surface area is 555 Å². The highest BCUT2D eigenvalue weighted by Crippen LogP contribution is 2.64. The fourth-order valence-electron chi connectivity index (χ4n) is 16.3. The van der Waals surface area contributed by atoms with Gasteiger partial charge in [0.2, 0.25) is 0 Å². The van der Waals surface area contributed by atoms with Crippen LogP contribution in [0.25, 0.3) is 127 Å². The zero-order chi connectivity index (χ0) is 63.0. The molecule has 0 unspecified atom stereocenters. The van der Waals surface area contributed by atoms with Gasteiger partial charge in [-0.1, -0.05) is 243 Å². The van der Waals surface area contributed by atoms with Gasteiger partial charge in [-0.25, -0.2) is 0 Å². The second-order valence-electron chi connectivity index (χ2n) is 25.5. The van der Waals surface area contributed by atoms with Crippen LogP contribution in [0, 0.1) is 0 Å². The van der Waals surface area contributed by atoms with Gasteiger partial charge in [-0.3, -0.25) is 0 Å². The Morgan fingerprint density at radius 2 is 0.500 bits per heavy atom. The summed E-state index contributed by atoms with van der Waals surface area (Å²) in [4.78, 5) is 5.18. The predicted molar refractivity (Wildman–Crippen MR) is 402 cm³/mol. The number of anilines is 6. The smallest absolute Gasteiger partial charge is 0.0990 e. The minimum atomic E-state index is -0.338. The monoisotopic (exact) mass is 1220 g/mol. The maximum Gasteiger partial charge on any atom is 0.0990 e. The minimum Gasteiger partial charge on any atom is -0.307 e. The van der Waals surface area contributed by atoms with Crippen molar-refractivity contribution in [1.82, 2.24) is 13.7 Å². The van der Waals surface area contributed by atoms with E-state index in [1.54, 1.807) is 0 Å². The standard InChI is InChI=1S/C91H59N5/c1-9-29-59(30-10-1)63-49-51-81-73(53-63)75-55-65(61-33-13-3-14-34-61)57-77-83-78-58-66(62-35-15-4-16-36-62)56-76-74-54-64(60-31-11-2-12-32-60)50-52-82(74)96(86(76)78)88-84(83)87(95(81)85(75)77)89(92(67-37-17-5-18-38-67)68-39-19-6-20-40-68)91(94-79-47-27-25-45-71(79)72-46-26-28-48-80(72)94)90(88)93(69-41-21-7-22-42-69)70-43-23-8-24-44-70/h1-58,83H. The molecule has 2 aliphatic heterocycles. The average molecular weight is 1220 g/mol. The normalized spacial score (nSPS) is 12.3. The lowest BCUT2D eigenvalue weighted by Crippen LogP contribution is -2.29. The van der Waals surface area contributed by atoms with Crippen molar-refractivity contribution in [2.24, 2.45) is 0 Å². The molecule has 5 nitrogen and oxygen atoms in total. The van der Waals surface area contributed by atoms with E-state index >= 15 is 0 Å². The van der Waals surface area contributed by atoms with E-state index in [0.29, 0.717) is 0 Å². The van der Waals surface area contributed by atoms with Crippen LogP contribution in [0.2, 0.25) is 0 Å². The fourth-order valence-corrected chi connectivity index (χ4v) is 16.3. The summed E-state index contributed by atoms with van der Waals surface area (Å²) >= 11 is 0. The van der Waals surface area contributed by atoms with Crippen molar-refractivity contribution in [1.29, 1.82) is 0 Å². The van der Waals surface area contributed by atoms with Gasteiger partial charge in [-0.15, -0.1) is 0 Å². The average Bonchev–Trinajstić information content (AvgIpc) is 1.39. The zero-order valence-corrected chi connectivity index (χ0v) is 52.3. The Morgan fingerprint density at radius 1 is 0.208 bits per heavy atom. The number of fused-ring (bicyclic) bond motifs is 13. The van der Waals surface area contributed by atoms with Crippen LogP contribution in [0.3, 0.4) is 0 Å². The highest BCUT2D eigenvalue weighted by Gasteiger charge is 2.46. The maximum atomic E-state index is 2.71. The van der Waals surface area contributed by atoms with E-state index in [1.165, 1.54) is 105 Å². The van der Waals surface area contributed by atoms with E-state index < -0.39 is 0 Å². The van der Waals surface area contributed by atoms with Gasteiger partial charge in [0, 0.05) is 66.5 Å². The number of hydrogen-bond donors (Lipinski definition) is 0. The van der Waals surface area contributed by atoms with Gasteiger partial charge in [-0.2, -0.15) is 0 Å². The van der Waals surface area contributed by atoms with Crippen LogP contribution >= 0.6 is 0 Å². The van der Waals surface area contributed by atoms with Crippen molar-refractivity contribution in [3.63, 3.8) is 0 Å². The van der Waals surface area contributed by atoms with E-state index in [2.05, 4.69) is 375 Å². The Hall–Kier alpha value is -12.7. The highest BCUT2D eigenvalue weighted by atomic mass is 15.3. The summed E-state index contributed by atoms with van der Waals surface area (Å²) in [6.07, 6.45) is 0. The molecular weight excluding hydrogens is 1160 g/mol. The first-order valence-electron chi connectivity index (χ1n) is 33.2. The van der Waals surface area contributed by atoms with Crippen molar-refractivity contribution in [2.45, 2.75) is 5.92 Å².